The normalized spacial score (nSPS) is 20.4. The van der Waals surface area contributed by atoms with E-state index in [1.807, 2.05) is 4.90 Å². The summed E-state index contributed by atoms with van der Waals surface area (Å²) in [6.45, 7) is 1.32. The predicted octanol–water partition coefficient (Wildman–Crippen LogP) is 0.859. The number of nitrogens with zero attached hydrogens (tertiary/aromatic N) is 5. The zero-order valence-corrected chi connectivity index (χ0v) is 13.1. The Balaban J connectivity index is 1.36. The molecule has 1 aliphatic carbocycles. The molecule has 0 unspecified atom stereocenters. The minimum absolute atomic E-state index is 0.0849. The van der Waals surface area contributed by atoms with Gasteiger partial charge in [0.05, 0.1) is 17.8 Å². The number of pyridine rings is 1. The number of hydrogen-bond acceptors (Lipinski definition) is 5. The Hall–Kier alpha value is -2.77. The Morgan fingerprint density at radius 2 is 2.21 bits per heavy atom. The summed E-state index contributed by atoms with van der Waals surface area (Å²) in [7, 11) is 0. The molecule has 124 valence electrons. The lowest BCUT2D eigenvalue weighted by atomic mass is 10.1. The summed E-state index contributed by atoms with van der Waals surface area (Å²) in [6, 6.07) is 3.52. The average Bonchev–Trinajstić information content (AvgIpc) is 3.08. The molecule has 0 bridgehead atoms. The summed E-state index contributed by atoms with van der Waals surface area (Å²) in [5, 5.41) is 6.84. The van der Waals surface area contributed by atoms with Crippen molar-refractivity contribution in [3.05, 3.63) is 31.0 Å². The van der Waals surface area contributed by atoms with Crippen LogP contribution >= 0.6 is 0 Å². The van der Waals surface area contributed by atoms with Crippen molar-refractivity contribution in [2.24, 2.45) is 11.8 Å². The molecule has 0 aromatic carbocycles. The molecule has 4 rings (SSSR count). The van der Waals surface area contributed by atoms with Crippen LogP contribution in [0.4, 0.5) is 5.69 Å². The number of amides is 2. The third kappa shape index (κ3) is 3.12. The maximum absolute atomic E-state index is 12.4. The smallest absolute Gasteiger partial charge is 0.229 e. The molecule has 2 aromatic heterocycles. The molecule has 0 spiro atoms. The third-order valence-electron chi connectivity index (χ3n) is 4.43. The number of likely N-dealkylation sites (tertiary alicyclic amines) is 1. The lowest BCUT2D eigenvalue weighted by Crippen LogP contribution is -2.29. The summed E-state index contributed by atoms with van der Waals surface area (Å²) in [4.78, 5) is 34.3. The molecular formula is C16H18N6O2. The molecule has 8 nitrogen and oxygen atoms in total. The molecule has 2 fully saturated rings. The summed E-state index contributed by atoms with van der Waals surface area (Å²) in [5.41, 5.74) is 0.608. The fourth-order valence-corrected chi connectivity index (χ4v) is 2.90. The molecule has 1 N–H and O–H groups in total. The first-order valence-corrected chi connectivity index (χ1v) is 8.09. The molecule has 8 heteroatoms. The number of nitrogens with one attached hydrogen (secondary N) is 1. The van der Waals surface area contributed by atoms with Crippen LogP contribution in [0.1, 0.15) is 19.3 Å². The van der Waals surface area contributed by atoms with Gasteiger partial charge in [-0.15, -0.1) is 0 Å². The Morgan fingerprint density at radius 1 is 1.33 bits per heavy atom. The van der Waals surface area contributed by atoms with Crippen LogP contribution in [0.25, 0.3) is 5.82 Å². The van der Waals surface area contributed by atoms with Gasteiger partial charge in [0.15, 0.2) is 5.82 Å². The van der Waals surface area contributed by atoms with Crippen LogP contribution in [0, 0.1) is 11.8 Å². The first kappa shape index (κ1) is 14.8. The number of anilines is 1. The highest BCUT2D eigenvalue weighted by atomic mass is 16.2. The van der Waals surface area contributed by atoms with Crippen molar-refractivity contribution in [2.45, 2.75) is 19.3 Å². The lowest BCUT2D eigenvalue weighted by molar-refractivity contribution is -0.128. The summed E-state index contributed by atoms with van der Waals surface area (Å²) >= 11 is 0. The van der Waals surface area contributed by atoms with Gasteiger partial charge in [-0.1, -0.05) is 0 Å². The van der Waals surface area contributed by atoms with Crippen LogP contribution in [-0.4, -0.2) is 49.6 Å². The molecule has 1 saturated carbocycles. The zero-order chi connectivity index (χ0) is 16.5. The largest absolute Gasteiger partial charge is 0.342 e. The molecule has 2 amide bonds. The monoisotopic (exact) mass is 326 g/mol. The van der Waals surface area contributed by atoms with Crippen molar-refractivity contribution < 1.29 is 9.59 Å². The highest BCUT2D eigenvalue weighted by Gasteiger charge is 2.37. The topological polar surface area (TPSA) is 93.0 Å². The first-order valence-electron chi connectivity index (χ1n) is 8.09. The van der Waals surface area contributed by atoms with E-state index in [1.165, 1.54) is 23.9 Å². The lowest BCUT2D eigenvalue weighted by Gasteiger charge is -2.16. The van der Waals surface area contributed by atoms with Gasteiger partial charge in [0.1, 0.15) is 12.7 Å². The zero-order valence-electron chi connectivity index (χ0n) is 13.1. The Labute approximate surface area is 138 Å². The van der Waals surface area contributed by atoms with Crippen LogP contribution in [0.3, 0.4) is 0 Å². The minimum atomic E-state index is -0.286. The highest BCUT2D eigenvalue weighted by molar-refractivity contribution is 5.97. The van der Waals surface area contributed by atoms with Gasteiger partial charge in [-0.3, -0.25) is 9.59 Å². The molecule has 1 atom stereocenters. The molecule has 2 aromatic rings. The predicted molar refractivity (Wildman–Crippen MR) is 85.2 cm³/mol. The second kappa shape index (κ2) is 6.03. The van der Waals surface area contributed by atoms with Gasteiger partial charge in [0.2, 0.25) is 11.8 Å². The van der Waals surface area contributed by atoms with Crippen LogP contribution in [0.2, 0.25) is 0 Å². The highest BCUT2D eigenvalue weighted by Crippen LogP contribution is 2.32. The molecule has 1 aliphatic heterocycles. The van der Waals surface area contributed by atoms with E-state index in [0.29, 0.717) is 30.4 Å². The first-order chi connectivity index (χ1) is 11.7. The van der Waals surface area contributed by atoms with E-state index in [-0.39, 0.29) is 17.7 Å². The van der Waals surface area contributed by atoms with Crippen molar-refractivity contribution in [3.8, 4) is 5.82 Å². The van der Waals surface area contributed by atoms with Crippen LogP contribution in [-0.2, 0) is 9.59 Å². The number of aromatic nitrogens is 4. The van der Waals surface area contributed by atoms with E-state index >= 15 is 0 Å². The average molecular weight is 326 g/mol. The second-order valence-electron chi connectivity index (χ2n) is 6.38. The molecule has 1 saturated heterocycles. The second-order valence-corrected chi connectivity index (χ2v) is 6.38. The summed E-state index contributed by atoms with van der Waals surface area (Å²) in [5.74, 6) is 0.936. The SMILES string of the molecule is O=C(Nc1ccc(-n2cncn2)nc1)[C@H]1CC(=O)N(CC2CC2)C1. The van der Waals surface area contributed by atoms with Gasteiger partial charge in [0, 0.05) is 19.5 Å². The van der Waals surface area contributed by atoms with Gasteiger partial charge in [-0.25, -0.2) is 14.6 Å². The van der Waals surface area contributed by atoms with E-state index in [1.54, 1.807) is 24.7 Å². The number of carbonyl (C=O) groups excluding carboxylic acids is 2. The van der Waals surface area contributed by atoms with E-state index in [2.05, 4.69) is 20.4 Å². The Morgan fingerprint density at radius 3 is 2.88 bits per heavy atom. The number of rotatable bonds is 5. The van der Waals surface area contributed by atoms with Gasteiger partial charge >= 0.3 is 0 Å². The maximum atomic E-state index is 12.4. The van der Waals surface area contributed by atoms with Crippen molar-refractivity contribution in [1.82, 2.24) is 24.6 Å². The molecule has 2 aliphatic rings. The fourth-order valence-electron chi connectivity index (χ4n) is 2.90. The van der Waals surface area contributed by atoms with E-state index < -0.39 is 0 Å². The van der Waals surface area contributed by atoms with Crippen LogP contribution in [0.5, 0.6) is 0 Å². The standard InChI is InChI=1S/C16H18N6O2/c23-15-5-12(8-21(15)7-11-1-2-11)16(24)20-13-3-4-14(18-6-13)22-10-17-9-19-22/h3-4,6,9-12H,1-2,5,7-8H2,(H,20,24)/t12-/m0/s1. The molecule has 0 radical (unpaired) electrons. The van der Waals surface area contributed by atoms with Gasteiger partial charge in [0.25, 0.3) is 0 Å². The van der Waals surface area contributed by atoms with Crippen molar-refractivity contribution in [2.75, 3.05) is 18.4 Å². The molecule has 24 heavy (non-hydrogen) atoms. The Kier molecular flexibility index (Phi) is 3.72. The van der Waals surface area contributed by atoms with Crippen molar-refractivity contribution in [1.29, 1.82) is 0 Å². The number of hydrogen-bond donors (Lipinski definition) is 1. The Bertz CT molecular complexity index is 738. The van der Waals surface area contributed by atoms with Gasteiger partial charge in [-0.2, -0.15) is 5.10 Å². The van der Waals surface area contributed by atoms with Crippen LogP contribution < -0.4 is 5.32 Å². The van der Waals surface area contributed by atoms with Crippen molar-refractivity contribution >= 4 is 17.5 Å². The quantitative estimate of drug-likeness (QED) is 0.879. The van der Waals surface area contributed by atoms with E-state index in [4.69, 9.17) is 0 Å². The maximum Gasteiger partial charge on any atom is 0.229 e. The van der Waals surface area contributed by atoms with Gasteiger partial charge < -0.3 is 10.2 Å². The third-order valence-corrected chi connectivity index (χ3v) is 4.43. The van der Waals surface area contributed by atoms with E-state index in [0.717, 1.165) is 6.54 Å². The number of carbonyl (C=O) groups is 2. The fraction of sp³-hybridized carbons (Fsp3) is 0.438. The summed E-state index contributed by atoms with van der Waals surface area (Å²) in [6.07, 6.45) is 7.26. The summed E-state index contributed by atoms with van der Waals surface area (Å²) < 4.78 is 1.54. The van der Waals surface area contributed by atoms with Crippen molar-refractivity contribution in [3.63, 3.8) is 0 Å². The van der Waals surface area contributed by atoms with Crippen LogP contribution in [0.15, 0.2) is 31.0 Å². The molecular weight excluding hydrogens is 308 g/mol. The van der Waals surface area contributed by atoms with Gasteiger partial charge in [-0.05, 0) is 30.9 Å². The minimum Gasteiger partial charge on any atom is -0.342 e. The van der Waals surface area contributed by atoms with E-state index in [9.17, 15) is 9.59 Å². The molecule has 3 heterocycles.